The van der Waals surface area contributed by atoms with Gasteiger partial charge >= 0.3 is 0 Å². The molecule has 0 aromatic heterocycles. The summed E-state index contributed by atoms with van der Waals surface area (Å²) in [5.74, 6) is 0. The van der Waals surface area contributed by atoms with Crippen LogP contribution in [0.2, 0.25) is 0 Å². The second kappa shape index (κ2) is 5.91. The van der Waals surface area contributed by atoms with Crippen LogP contribution in [0, 0.1) is 0 Å². The monoisotopic (exact) mass is 280 g/mol. The predicted molar refractivity (Wildman–Crippen MR) is 83.9 cm³/mol. The molecule has 20 heavy (non-hydrogen) atoms. The van der Waals surface area contributed by atoms with E-state index in [1.807, 2.05) is 0 Å². The van der Waals surface area contributed by atoms with Crippen molar-refractivity contribution in [3.8, 4) is 0 Å². The van der Waals surface area contributed by atoms with Crippen LogP contribution >= 0.6 is 0 Å². The van der Waals surface area contributed by atoms with E-state index in [2.05, 4.69) is 28.8 Å². The molecule has 3 heterocycles. The van der Waals surface area contributed by atoms with Gasteiger partial charge < -0.3 is 15.5 Å². The molecule has 116 valence electrons. The fourth-order valence-corrected chi connectivity index (χ4v) is 4.95. The Hall–Kier alpha value is -0.160. The van der Waals surface area contributed by atoms with Crippen LogP contribution in [0.4, 0.5) is 0 Å². The molecule has 0 radical (unpaired) electrons. The van der Waals surface area contributed by atoms with Gasteiger partial charge in [-0.1, -0.05) is 0 Å². The van der Waals surface area contributed by atoms with Gasteiger partial charge in [-0.2, -0.15) is 0 Å². The normalized spacial score (nSPS) is 39.6. The van der Waals surface area contributed by atoms with Gasteiger partial charge in [0.1, 0.15) is 0 Å². The Morgan fingerprint density at radius 3 is 2.70 bits per heavy atom. The molecule has 0 aromatic rings. The van der Waals surface area contributed by atoms with E-state index >= 15 is 0 Å². The third-order valence-corrected chi connectivity index (χ3v) is 5.92. The predicted octanol–water partition coefficient (Wildman–Crippen LogP) is 0.968. The number of likely N-dealkylation sites (N-methyl/N-ethyl adjacent to an activating group) is 1. The largest absolute Gasteiger partial charge is 0.329 e. The smallest absolute Gasteiger partial charge is 0.0362 e. The van der Waals surface area contributed by atoms with Gasteiger partial charge in [0.25, 0.3) is 0 Å². The molecular formula is C16H32N4. The van der Waals surface area contributed by atoms with E-state index < -0.39 is 0 Å². The van der Waals surface area contributed by atoms with Crippen LogP contribution in [0.1, 0.15) is 38.5 Å². The number of rotatable bonds is 4. The third-order valence-electron chi connectivity index (χ3n) is 5.92. The van der Waals surface area contributed by atoms with E-state index in [9.17, 15) is 0 Å². The molecule has 0 amide bonds. The molecule has 3 rings (SSSR count). The van der Waals surface area contributed by atoms with Gasteiger partial charge in [-0.25, -0.2) is 0 Å². The highest BCUT2D eigenvalue weighted by molar-refractivity contribution is 5.05. The van der Waals surface area contributed by atoms with Crippen LogP contribution in [0.3, 0.4) is 0 Å². The van der Waals surface area contributed by atoms with Gasteiger partial charge in [0.2, 0.25) is 0 Å². The Labute approximate surface area is 124 Å². The lowest BCUT2D eigenvalue weighted by atomic mass is 9.81. The Morgan fingerprint density at radius 2 is 1.95 bits per heavy atom. The standard InChI is InChI=1S/C16H32N4/c1-18(2)12-15-6-4-9-20(15)16(13-17)7-10-19-8-3-5-14(19)11-16/h14-15H,3-13,17H2,1-2H3. The maximum atomic E-state index is 6.32. The summed E-state index contributed by atoms with van der Waals surface area (Å²) in [4.78, 5) is 7.87. The highest BCUT2D eigenvalue weighted by Crippen LogP contribution is 2.39. The van der Waals surface area contributed by atoms with E-state index in [0.29, 0.717) is 5.54 Å². The lowest BCUT2D eigenvalue weighted by Crippen LogP contribution is -2.63. The number of hydrogen-bond acceptors (Lipinski definition) is 4. The van der Waals surface area contributed by atoms with E-state index in [4.69, 9.17) is 5.73 Å². The number of piperidine rings is 1. The molecule has 3 saturated heterocycles. The summed E-state index contributed by atoms with van der Waals surface area (Å²) < 4.78 is 0. The lowest BCUT2D eigenvalue weighted by Gasteiger charge is -2.51. The van der Waals surface area contributed by atoms with Crippen LogP contribution in [-0.4, -0.2) is 79.1 Å². The minimum Gasteiger partial charge on any atom is -0.329 e. The molecule has 4 nitrogen and oxygen atoms in total. The topological polar surface area (TPSA) is 35.7 Å². The summed E-state index contributed by atoms with van der Waals surface area (Å²) in [6.45, 7) is 5.90. The van der Waals surface area contributed by atoms with Crippen LogP contribution in [0.5, 0.6) is 0 Å². The Morgan fingerprint density at radius 1 is 1.15 bits per heavy atom. The zero-order valence-electron chi connectivity index (χ0n) is 13.4. The van der Waals surface area contributed by atoms with Crippen molar-refractivity contribution in [1.29, 1.82) is 0 Å². The fraction of sp³-hybridized carbons (Fsp3) is 1.00. The van der Waals surface area contributed by atoms with Crippen LogP contribution in [0.15, 0.2) is 0 Å². The highest BCUT2D eigenvalue weighted by atomic mass is 15.3. The van der Waals surface area contributed by atoms with E-state index in [1.54, 1.807) is 0 Å². The van der Waals surface area contributed by atoms with Gasteiger partial charge in [-0.05, 0) is 65.7 Å². The van der Waals surface area contributed by atoms with Gasteiger partial charge in [-0.15, -0.1) is 0 Å². The minimum absolute atomic E-state index is 0.294. The molecule has 2 N–H and O–H groups in total. The maximum Gasteiger partial charge on any atom is 0.0362 e. The van der Waals surface area contributed by atoms with Gasteiger partial charge in [0.05, 0.1) is 0 Å². The maximum absolute atomic E-state index is 6.32. The molecule has 0 bridgehead atoms. The average molecular weight is 280 g/mol. The van der Waals surface area contributed by atoms with Crippen molar-refractivity contribution in [2.75, 3.05) is 46.8 Å². The molecule has 0 aliphatic carbocycles. The fourth-order valence-electron chi connectivity index (χ4n) is 4.95. The number of fused-ring (bicyclic) bond motifs is 1. The summed E-state index contributed by atoms with van der Waals surface area (Å²) in [6, 6.07) is 1.54. The van der Waals surface area contributed by atoms with Crippen molar-refractivity contribution >= 4 is 0 Å². The van der Waals surface area contributed by atoms with Crippen LogP contribution in [-0.2, 0) is 0 Å². The molecule has 0 saturated carbocycles. The second-order valence-corrected chi connectivity index (χ2v) is 7.47. The molecule has 3 aliphatic heterocycles. The van der Waals surface area contributed by atoms with Gasteiger partial charge in [0.15, 0.2) is 0 Å². The molecule has 3 atom stereocenters. The molecule has 3 unspecified atom stereocenters. The molecule has 3 fully saturated rings. The summed E-state index contributed by atoms with van der Waals surface area (Å²) in [7, 11) is 4.40. The molecule has 0 aromatic carbocycles. The molecule has 3 aliphatic rings. The van der Waals surface area contributed by atoms with Gasteiger partial charge in [-0.3, -0.25) is 4.90 Å². The Balaban J connectivity index is 1.74. The summed E-state index contributed by atoms with van der Waals surface area (Å²) in [5.41, 5.74) is 6.61. The molecule has 0 spiro atoms. The van der Waals surface area contributed by atoms with E-state index in [1.165, 1.54) is 64.7 Å². The van der Waals surface area contributed by atoms with Crippen LogP contribution < -0.4 is 5.73 Å². The molecular weight excluding hydrogens is 248 g/mol. The zero-order valence-corrected chi connectivity index (χ0v) is 13.4. The first-order valence-corrected chi connectivity index (χ1v) is 8.50. The molecule has 4 heteroatoms. The van der Waals surface area contributed by atoms with E-state index in [-0.39, 0.29) is 0 Å². The number of nitrogens with zero attached hydrogens (tertiary/aromatic N) is 3. The number of likely N-dealkylation sites (tertiary alicyclic amines) is 1. The highest BCUT2D eigenvalue weighted by Gasteiger charge is 2.47. The lowest BCUT2D eigenvalue weighted by molar-refractivity contribution is -0.00273. The number of nitrogens with two attached hydrogens (primary N) is 1. The Bertz CT molecular complexity index is 332. The van der Waals surface area contributed by atoms with Crippen molar-refractivity contribution < 1.29 is 0 Å². The minimum atomic E-state index is 0.294. The van der Waals surface area contributed by atoms with Crippen LogP contribution in [0.25, 0.3) is 0 Å². The first kappa shape index (κ1) is 14.8. The van der Waals surface area contributed by atoms with Crippen molar-refractivity contribution in [3.63, 3.8) is 0 Å². The van der Waals surface area contributed by atoms with Crippen molar-refractivity contribution in [3.05, 3.63) is 0 Å². The summed E-state index contributed by atoms with van der Waals surface area (Å²) in [6.07, 6.45) is 8.10. The number of hydrogen-bond donors (Lipinski definition) is 1. The zero-order chi connectivity index (χ0) is 14.2. The third kappa shape index (κ3) is 2.63. The second-order valence-electron chi connectivity index (χ2n) is 7.47. The van der Waals surface area contributed by atoms with Gasteiger partial charge in [0, 0.05) is 37.3 Å². The SMILES string of the molecule is CN(C)CC1CCCN1C1(CN)CCN2CCCC2C1. The first-order chi connectivity index (χ1) is 9.64. The van der Waals surface area contributed by atoms with Crippen molar-refractivity contribution in [2.24, 2.45) is 5.73 Å². The van der Waals surface area contributed by atoms with Crippen molar-refractivity contribution in [2.45, 2.75) is 56.1 Å². The summed E-state index contributed by atoms with van der Waals surface area (Å²) in [5, 5.41) is 0. The van der Waals surface area contributed by atoms with E-state index in [0.717, 1.165) is 18.6 Å². The quantitative estimate of drug-likeness (QED) is 0.832. The average Bonchev–Trinajstić information content (AvgIpc) is 3.05. The van der Waals surface area contributed by atoms with Crippen molar-refractivity contribution in [1.82, 2.24) is 14.7 Å². The first-order valence-electron chi connectivity index (χ1n) is 8.50. The Kier molecular flexibility index (Phi) is 4.37. The summed E-state index contributed by atoms with van der Waals surface area (Å²) >= 11 is 0.